The van der Waals surface area contributed by atoms with E-state index in [1.54, 1.807) is 11.8 Å². The summed E-state index contributed by atoms with van der Waals surface area (Å²) in [7, 11) is 0. The van der Waals surface area contributed by atoms with Crippen LogP contribution in [0.25, 0.3) is 0 Å². The van der Waals surface area contributed by atoms with E-state index in [0.717, 1.165) is 11.5 Å². The summed E-state index contributed by atoms with van der Waals surface area (Å²) >= 11 is 1.73. The molecule has 54 valence electrons. The molecule has 2 atom stereocenters. The van der Waals surface area contributed by atoms with Crippen molar-refractivity contribution in [3.05, 3.63) is 0 Å². The molecule has 0 aromatic carbocycles. The fourth-order valence-corrected chi connectivity index (χ4v) is 2.11. The van der Waals surface area contributed by atoms with Crippen molar-refractivity contribution in [2.24, 2.45) is 5.92 Å². The lowest BCUT2D eigenvalue weighted by molar-refractivity contribution is 0.148. The summed E-state index contributed by atoms with van der Waals surface area (Å²) < 4.78 is 12.7. The minimum atomic E-state index is -0.753. The normalized spacial score (nSPS) is 36.7. The summed E-state index contributed by atoms with van der Waals surface area (Å²) in [6.45, 7) is 0.00810. The molecular weight excluding hydrogens is 139 g/mol. The number of rotatable bonds is 1. The number of aliphatic hydroxyl groups is 1. The molecule has 0 saturated carbocycles. The molecule has 1 saturated heterocycles. The van der Waals surface area contributed by atoms with Gasteiger partial charge in [-0.05, 0) is 12.2 Å². The minimum absolute atomic E-state index is 0.00810. The third kappa shape index (κ3) is 1.83. The lowest BCUT2D eigenvalue weighted by Crippen LogP contribution is -2.26. The van der Waals surface area contributed by atoms with Crippen molar-refractivity contribution in [2.75, 3.05) is 18.1 Å². The Morgan fingerprint density at radius 2 is 2.44 bits per heavy atom. The maximum atomic E-state index is 12.7. The summed E-state index contributed by atoms with van der Waals surface area (Å²) in [5.74, 6) is 1.61. The fraction of sp³-hybridized carbons (Fsp3) is 1.00. The number of halogens is 1. The monoisotopic (exact) mass is 150 g/mol. The van der Waals surface area contributed by atoms with Crippen LogP contribution in [0.3, 0.4) is 0 Å². The van der Waals surface area contributed by atoms with Gasteiger partial charge in [0.1, 0.15) is 6.17 Å². The average molecular weight is 150 g/mol. The highest BCUT2D eigenvalue weighted by Gasteiger charge is 2.23. The predicted octanol–water partition coefficient (Wildman–Crippen LogP) is 1.07. The zero-order valence-electron chi connectivity index (χ0n) is 5.22. The third-order valence-electron chi connectivity index (χ3n) is 1.62. The molecule has 1 heterocycles. The molecule has 0 radical (unpaired) electrons. The number of hydrogen-bond donors (Lipinski definition) is 1. The van der Waals surface area contributed by atoms with Crippen molar-refractivity contribution in [1.82, 2.24) is 0 Å². The Bertz CT molecular complexity index is 89.1. The SMILES string of the molecule is OC[C@H]1CSCC[C@H]1F. The molecule has 0 aromatic heterocycles. The molecule has 1 aliphatic rings. The van der Waals surface area contributed by atoms with Crippen LogP contribution in [0.4, 0.5) is 4.39 Å². The Morgan fingerprint density at radius 1 is 1.67 bits per heavy atom. The van der Waals surface area contributed by atoms with E-state index in [-0.39, 0.29) is 12.5 Å². The summed E-state index contributed by atoms with van der Waals surface area (Å²) in [6.07, 6.45) is -0.133. The molecule has 1 fully saturated rings. The zero-order valence-corrected chi connectivity index (χ0v) is 6.03. The molecule has 1 nitrogen and oxygen atoms in total. The molecule has 1 rings (SSSR count). The van der Waals surface area contributed by atoms with Crippen LogP contribution in [-0.2, 0) is 0 Å². The van der Waals surface area contributed by atoms with Crippen molar-refractivity contribution in [2.45, 2.75) is 12.6 Å². The average Bonchev–Trinajstić information content (AvgIpc) is 1.89. The molecule has 0 amide bonds. The van der Waals surface area contributed by atoms with Gasteiger partial charge in [0.15, 0.2) is 0 Å². The van der Waals surface area contributed by atoms with Crippen molar-refractivity contribution >= 4 is 11.8 Å². The second kappa shape index (κ2) is 3.42. The van der Waals surface area contributed by atoms with Crippen LogP contribution in [0, 0.1) is 5.92 Å². The first-order valence-electron chi connectivity index (χ1n) is 3.17. The van der Waals surface area contributed by atoms with Gasteiger partial charge < -0.3 is 5.11 Å². The standard InChI is InChI=1S/C6H11FOS/c7-6-1-2-9-4-5(6)3-8/h5-6,8H,1-4H2/t5-,6+/m0/s1. The third-order valence-corrected chi connectivity index (χ3v) is 2.80. The van der Waals surface area contributed by atoms with Gasteiger partial charge in [-0.25, -0.2) is 4.39 Å². The fourth-order valence-electron chi connectivity index (χ4n) is 0.938. The van der Waals surface area contributed by atoms with Gasteiger partial charge in [0.25, 0.3) is 0 Å². The molecule has 1 aliphatic heterocycles. The Balaban J connectivity index is 2.30. The van der Waals surface area contributed by atoms with Crippen LogP contribution in [0.2, 0.25) is 0 Å². The molecular formula is C6H11FOS. The van der Waals surface area contributed by atoms with E-state index >= 15 is 0 Å². The van der Waals surface area contributed by atoms with E-state index in [9.17, 15) is 4.39 Å². The molecule has 0 unspecified atom stereocenters. The van der Waals surface area contributed by atoms with E-state index < -0.39 is 6.17 Å². The number of aliphatic hydroxyl groups excluding tert-OH is 1. The molecule has 9 heavy (non-hydrogen) atoms. The van der Waals surface area contributed by atoms with E-state index in [2.05, 4.69) is 0 Å². The highest BCUT2D eigenvalue weighted by atomic mass is 32.2. The Kier molecular flexibility index (Phi) is 2.79. The second-order valence-corrected chi connectivity index (χ2v) is 3.47. The highest BCUT2D eigenvalue weighted by molar-refractivity contribution is 7.99. The van der Waals surface area contributed by atoms with E-state index in [1.165, 1.54) is 0 Å². The largest absolute Gasteiger partial charge is 0.396 e. The lowest BCUT2D eigenvalue weighted by atomic mass is 10.1. The van der Waals surface area contributed by atoms with Crippen molar-refractivity contribution < 1.29 is 9.50 Å². The quantitative estimate of drug-likeness (QED) is 0.603. The summed E-state index contributed by atoms with van der Waals surface area (Å²) in [4.78, 5) is 0. The molecule has 0 spiro atoms. The molecule has 0 aliphatic carbocycles. The van der Waals surface area contributed by atoms with Crippen LogP contribution in [0.1, 0.15) is 6.42 Å². The summed E-state index contributed by atoms with van der Waals surface area (Å²) in [5.41, 5.74) is 0. The highest BCUT2D eigenvalue weighted by Crippen LogP contribution is 2.24. The Hall–Kier alpha value is 0.240. The summed E-state index contributed by atoms with van der Waals surface area (Å²) in [6, 6.07) is 0. The predicted molar refractivity (Wildman–Crippen MR) is 37.4 cm³/mol. The molecule has 0 bridgehead atoms. The molecule has 0 aromatic rings. The first-order chi connectivity index (χ1) is 4.34. The van der Waals surface area contributed by atoms with Gasteiger partial charge >= 0.3 is 0 Å². The first-order valence-corrected chi connectivity index (χ1v) is 4.32. The van der Waals surface area contributed by atoms with Gasteiger partial charge in [-0.15, -0.1) is 0 Å². The zero-order chi connectivity index (χ0) is 6.69. The van der Waals surface area contributed by atoms with E-state index in [4.69, 9.17) is 5.11 Å². The number of hydrogen-bond acceptors (Lipinski definition) is 2. The maximum Gasteiger partial charge on any atom is 0.107 e. The van der Waals surface area contributed by atoms with Crippen molar-refractivity contribution in [1.29, 1.82) is 0 Å². The van der Waals surface area contributed by atoms with E-state index in [0.29, 0.717) is 6.42 Å². The van der Waals surface area contributed by atoms with Crippen molar-refractivity contribution in [3.63, 3.8) is 0 Å². The van der Waals surface area contributed by atoms with Gasteiger partial charge in [-0.3, -0.25) is 0 Å². The van der Waals surface area contributed by atoms with Gasteiger partial charge in [0.05, 0.1) is 0 Å². The van der Waals surface area contributed by atoms with Crippen LogP contribution in [0.5, 0.6) is 0 Å². The van der Waals surface area contributed by atoms with E-state index in [1.807, 2.05) is 0 Å². The molecule has 1 N–H and O–H groups in total. The number of thioether (sulfide) groups is 1. The van der Waals surface area contributed by atoms with Gasteiger partial charge in [-0.1, -0.05) is 0 Å². The van der Waals surface area contributed by atoms with Crippen molar-refractivity contribution in [3.8, 4) is 0 Å². The van der Waals surface area contributed by atoms with Crippen LogP contribution < -0.4 is 0 Å². The lowest BCUT2D eigenvalue weighted by Gasteiger charge is -2.22. The molecule has 3 heteroatoms. The Labute approximate surface area is 58.6 Å². The minimum Gasteiger partial charge on any atom is -0.396 e. The maximum absolute atomic E-state index is 12.7. The number of alkyl halides is 1. The second-order valence-electron chi connectivity index (χ2n) is 2.32. The smallest absolute Gasteiger partial charge is 0.107 e. The van der Waals surface area contributed by atoms with Gasteiger partial charge in [0, 0.05) is 18.3 Å². The van der Waals surface area contributed by atoms with Gasteiger partial charge in [-0.2, -0.15) is 11.8 Å². The first kappa shape index (κ1) is 7.35. The van der Waals surface area contributed by atoms with Crippen LogP contribution in [0.15, 0.2) is 0 Å². The Morgan fingerprint density at radius 3 is 2.89 bits per heavy atom. The topological polar surface area (TPSA) is 20.2 Å². The van der Waals surface area contributed by atoms with Gasteiger partial charge in [0.2, 0.25) is 0 Å². The van der Waals surface area contributed by atoms with Crippen LogP contribution >= 0.6 is 11.8 Å². The van der Waals surface area contributed by atoms with Crippen LogP contribution in [-0.4, -0.2) is 29.4 Å². The summed E-state index contributed by atoms with van der Waals surface area (Å²) in [5, 5.41) is 8.61.